The molecule has 1 unspecified atom stereocenters. The number of aliphatic hydroxyl groups excluding tert-OH is 1. The molecule has 1 atom stereocenters. The van der Waals surface area contributed by atoms with E-state index in [9.17, 15) is 5.11 Å². The summed E-state index contributed by atoms with van der Waals surface area (Å²) in [6, 6.07) is 15.5. The second-order valence-electron chi connectivity index (χ2n) is 4.45. The van der Waals surface area contributed by atoms with Crippen molar-refractivity contribution in [3.05, 3.63) is 64.7 Å². The highest BCUT2D eigenvalue weighted by molar-refractivity contribution is 6.31. The van der Waals surface area contributed by atoms with Crippen LogP contribution < -0.4 is 4.74 Å². The topological polar surface area (TPSA) is 29.5 Å². The Morgan fingerprint density at radius 2 is 1.95 bits per heavy atom. The predicted molar refractivity (Wildman–Crippen MR) is 78.0 cm³/mol. The molecule has 0 aliphatic heterocycles. The number of rotatable bonds is 5. The van der Waals surface area contributed by atoms with Crippen LogP contribution in [0.3, 0.4) is 0 Å². The van der Waals surface area contributed by atoms with Crippen molar-refractivity contribution in [3.8, 4) is 5.75 Å². The molecule has 0 saturated heterocycles. The molecule has 100 valence electrons. The fourth-order valence-electron chi connectivity index (χ4n) is 2.11. The van der Waals surface area contributed by atoms with E-state index < -0.39 is 0 Å². The molecule has 0 aliphatic carbocycles. The molecule has 0 bridgehead atoms. The van der Waals surface area contributed by atoms with Crippen LogP contribution in [0.2, 0.25) is 5.02 Å². The lowest BCUT2D eigenvalue weighted by Gasteiger charge is -2.16. The third-order valence-corrected chi connectivity index (χ3v) is 3.58. The fraction of sp³-hybridized carbons (Fsp3) is 0.250. The monoisotopic (exact) mass is 276 g/mol. The van der Waals surface area contributed by atoms with Crippen molar-refractivity contribution in [1.82, 2.24) is 0 Å². The molecule has 0 radical (unpaired) electrons. The highest BCUT2D eigenvalue weighted by Crippen LogP contribution is 2.26. The minimum Gasteiger partial charge on any atom is -0.497 e. The van der Waals surface area contributed by atoms with Crippen molar-refractivity contribution < 1.29 is 9.84 Å². The van der Waals surface area contributed by atoms with Gasteiger partial charge in [0.2, 0.25) is 0 Å². The van der Waals surface area contributed by atoms with E-state index in [1.807, 2.05) is 48.5 Å². The van der Waals surface area contributed by atoms with Crippen LogP contribution >= 0.6 is 11.6 Å². The summed E-state index contributed by atoms with van der Waals surface area (Å²) in [5, 5.41) is 10.4. The van der Waals surface area contributed by atoms with Crippen LogP contribution in [0, 0.1) is 0 Å². The molecule has 0 heterocycles. The quantitative estimate of drug-likeness (QED) is 0.903. The Hall–Kier alpha value is -1.51. The molecule has 0 amide bonds. The first-order valence-corrected chi connectivity index (χ1v) is 6.60. The van der Waals surface area contributed by atoms with Gasteiger partial charge in [0.1, 0.15) is 5.75 Å². The van der Waals surface area contributed by atoms with Crippen LogP contribution in [-0.4, -0.2) is 18.8 Å². The SMILES string of the molecule is COc1cccc(C(CO)Cc2ccccc2Cl)c1. The average Bonchev–Trinajstić information content (AvgIpc) is 2.46. The standard InChI is InChI=1S/C16H17ClO2/c1-19-15-7-4-6-12(10-15)14(11-18)9-13-5-2-3-8-16(13)17/h2-8,10,14,18H,9,11H2,1H3. The molecule has 3 heteroatoms. The van der Waals surface area contributed by atoms with Crippen molar-refractivity contribution in [2.24, 2.45) is 0 Å². The number of benzene rings is 2. The van der Waals surface area contributed by atoms with Gasteiger partial charge in [0.15, 0.2) is 0 Å². The number of halogens is 1. The summed E-state index contributed by atoms with van der Waals surface area (Å²) in [6.07, 6.45) is 0.712. The minimum absolute atomic E-state index is 0.0231. The van der Waals surface area contributed by atoms with Crippen molar-refractivity contribution in [2.75, 3.05) is 13.7 Å². The Balaban J connectivity index is 2.22. The molecule has 0 aliphatic rings. The van der Waals surface area contributed by atoms with Crippen molar-refractivity contribution >= 4 is 11.6 Å². The van der Waals surface area contributed by atoms with Gasteiger partial charge < -0.3 is 9.84 Å². The maximum atomic E-state index is 9.61. The third kappa shape index (κ3) is 3.49. The lowest BCUT2D eigenvalue weighted by atomic mass is 9.92. The summed E-state index contributed by atoms with van der Waals surface area (Å²) in [5.41, 5.74) is 2.10. The first kappa shape index (κ1) is 13.9. The lowest BCUT2D eigenvalue weighted by Crippen LogP contribution is -2.08. The van der Waals surface area contributed by atoms with E-state index >= 15 is 0 Å². The van der Waals surface area contributed by atoms with Crippen LogP contribution in [0.1, 0.15) is 17.0 Å². The van der Waals surface area contributed by atoms with Gasteiger partial charge in [-0.3, -0.25) is 0 Å². The molecule has 2 nitrogen and oxygen atoms in total. The van der Waals surface area contributed by atoms with Crippen LogP contribution in [0.15, 0.2) is 48.5 Å². The first-order valence-electron chi connectivity index (χ1n) is 6.23. The molecule has 1 N–H and O–H groups in total. The summed E-state index contributed by atoms with van der Waals surface area (Å²) in [4.78, 5) is 0. The molecule has 0 spiro atoms. The summed E-state index contributed by atoms with van der Waals surface area (Å²) < 4.78 is 5.22. The van der Waals surface area contributed by atoms with Gasteiger partial charge in [-0.05, 0) is 35.7 Å². The van der Waals surface area contributed by atoms with Gasteiger partial charge in [-0.1, -0.05) is 41.9 Å². The average molecular weight is 277 g/mol. The molecular formula is C16H17ClO2. The zero-order valence-electron chi connectivity index (χ0n) is 10.8. The molecular weight excluding hydrogens is 260 g/mol. The zero-order chi connectivity index (χ0) is 13.7. The maximum Gasteiger partial charge on any atom is 0.119 e. The smallest absolute Gasteiger partial charge is 0.119 e. The highest BCUT2D eigenvalue weighted by atomic mass is 35.5. The van der Waals surface area contributed by atoms with E-state index in [-0.39, 0.29) is 12.5 Å². The van der Waals surface area contributed by atoms with Crippen molar-refractivity contribution in [3.63, 3.8) is 0 Å². The molecule has 2 rings (SSSR count). The summed E-state index contributed by atoms with van der Waals surface area (Å²) in [6.45, 7) is 0.0817. The second kappa shape index (κ2) is 6.60. The second-order valence-corrected chi connectivity index (χ2v) is 4.86. The number of hydrogen-bond donors (Lipinski definition) is 1. The van der Waals surface area contributed by atoms with Gasteiger partial charge in [0, 0.05) is 10.9 Å². The maximum absolute atomic E-state index is 9.61. The summed E-state index contributed by atoms with van der Waals surface area (Å²) in [5.74, 6) is 0.824. The van der Waals surface area contributed by atoms with Crippen LogP contribution in [0.25, 0.3) is 0 Å². The largest absolute Gasteiger partial charge is 0.497 e. The Bertz CT molecular complexity index is 540. The van der Waals surface area contributed by atoms with Gasteiger partial charge in [-0.15, -0.1) is 0 Å². The highest BCUT2D eigenvalue weighted by Gasteiger charge is 2.13. The fourth-order valence-corrected chi connectivity index (χ4v) is 2.33. The van der Waals surface area contributed by atoms with Crippen molar-refractivity contribution in [2.45, 2.75) is 12.3 Å². The first-order chi connectivity index (χ1) is 9.24. The van der Waals surface area contributed by atoms with E-state index in [0.29, 0.717) is 6.42 Å². The Morgan fingerprint density at radius 3 is 2.63 bits per heavy atom. The van der Waals surface area contributed by atoms with Gasteiger partial charge in [0.05, 0.1) is 13.7 Å². The van der Waals surface area contributed by atoms with Crippen LogP contribution in [-0.2, 0) is 6.42 Å². The number of hydrogen-bond acceptors (Lipinski definition) is 2. The molecule has 0 saturated carbocycles. The third-order valence-electron chi connectivity index (χ3n) is 3.21. The Labute approximate surface area is 118 Å². The number of methoxy groups -OCH3 is 1. The molecule has 0 fully saturated rings. The Kier molecular flexibility index (Phi) is 4.83. The van der Waals surface area contributed by atoms with Gasteiger partial charge in [-0.2, -0.15) is 0 Å². The van der Waals surface area contributed by atoms with E-state index in [2.05, 4.69) is 0 Å². The zero-order valence-corrected chi connectivity index (χ0v) is 11.6. The Morgan fingerprint density at radius 1 is 1.16 bits per heavy atom. The van der Waals surface area contributed by atoms with Crippen molar-refractivity contribution in [1.29, 1.82) is 0 Å². The normalized spacial score (nSPS) is 12.2. The van der Waals surface area contributed by atoms with Crippen LogP contribution in [0.5, 0.6) is 5.75 Å². The van der Waals surface area contributed by atoms with E-state index in [0.717, 1.165) is 21.9 Å². The van der Waals surface area contributed by atoms with E-state index in [4.69, 9.17) is 16.3 Å². The molecule has 19 heavy (non-hydrogen) atoms. The summed E-state index contributed by atoms with van der Waals surface area (Å²) in [7, 11) is 1.64. The number of ether oxygens (including phenoxy) is 1. The predicted octanol–water partition coefficient (Wildman–Crippen LogP) is 3.67. The molecule has 0 aromatic heterocycles. The van der Waals surface area contributed by atoms with Gasteiger partial charge >= 0.3 is 0 Å². The number of aliphatic hydroxyl groups is 1. The van der Waals surface area contributed by atoms with E-state index in [1.165, 1.54) is 0 Å². The van der Waals surface area contributed by atoms with E-state index in [1.54, 1.807) is 7.11 Å². The van der Waals surface area contributed by atoms with Gasteiger partial charge in [-0.25, -0.2) is 0 Å². The van der Waals surface area contributed by atoms with Gasteiger partial charge in [0.25, 0.3) is 0 Å². The molecule has 2 aromatic carbocycles. The molecule has 2 aromatic rings. The summed E-state index contributed by atoms with van der Waals surface area (Å²) >= 11 is 6.16. The lowest BCUT2D eigenvalue weighted by molar-refractivity contribution is 0.264. The van der Waals surface area contributed by atoms with Crippen LogP contribution in [0.4, 0.5) is 0 Å². The minimum atomic E-state index is 0.0231.